The van der Waals surface area contributed by atoms with Crippen molar-refractivity contribution in [1.82, 2.24) is 9.62 Å². The lowest BCUT2D eigenvalue weighted by molar-refractivity contribution is 0.0609. The molecule has 2 N–H and O–H groups in total. The highest BCUT2D eigenvalue weighted by Gasteiger charge is 2.37. The first-order chi connectivity index (χ1) is 12.6. The van der Waals surface area contributed by atoms with Crippen molar-refractivity contribution in [1.29, 1.82) is 0 Å². The number of hydrogen-bond acceptors (Lipinski definition) is 5. The van der Waals surface area contributed by atoms with Crippen LogP contribution in [0.15, 0.2) is 18.2 Å². The zero-order valence-electron chi connectivity index (χ0n) is 16.4. The molecular formula is C19H29N3O4S. The van der Waals surface area contributed by atoms with E-state index in [2.05, 4.69) is 10.0 Å². The maximum atomic E-state index is 12.4. The van der Waals surface area contributed by atoms with Crippen LogP contribution < -0.4 is 10.0 Å². The van der Waals surface area contributed by atoms with Gasteiger partial charge < -0.3 is 5.32 Å². The number of unbranched alkanes of at least 4 members (excludes halogenated alkanes) is 2. The summed E-state index contributed by atoms with van der Waals surface area (Å²) in [6, 6.07) is 5.07. The molecule has 1 aromatic rings. The molecule has 2 amide bonds. The van der Waals surface area contributed by atoms with Crippen molar-refractivity contribution in [3.63, 3.8) is 0 Å². The second-order valence-electron chi connectivity index (χ2n) is 7.31. The van der Waals surface area contributed by atoms with E-state index in [4.69, 9.17) is 0 Å². The molecule has 2 rings (SSSR count). The summed E-state index contributed by atoms with van der Waals surface area (Å²) in [7, 11) is -3.19. The Morgan fingerprint density at radius 1 is 0.926 bits per heavy atom. The van der Waals surface area contributed by atoms with Crippen LogP contribution >= 0.6 is 0 Å². The van der Waals surface area contributed by atoms with Gasteiger partial charge in [0, 0.05) is 24.8 Å². The van der Waals surface area contributed by atoms with E-state index in [0.29, 0.717) is 24.2 Å². The van der Waals surface area contributed by atoms with Crippen molar-refractivity contribution >= 4 is 27.5 Å². The van der Waals surface area contributed by atoms with Gasteiger partial charge in [0.1, 0.15) is 0 Å². The molecule has 0 saturated heterocycles. The third kappa shape index (κ3) is 5.07. The Morgan fingerprint density at radius 3 is 2.19 bits per heavy atom. The number of carbonyl (C=O) groups excluding carboxylic acids is 2. The summed E-state index contributed by atoms with van der Waals surface area (Å²) >= 11 is 0. The van der Waals surface area contributed by atoms with Crippen LogP contribution in [-0.2, 0) is 10.0 Å². The number of hydrogen-bond donors (Lipinski definition) is 2. The van der Waals surface area contributed by atoms with Crippen molar-refractivity contribution in [2.45, 2.75) is 58.2 Å². The molecule has 8 heteroatoms. The van der Waals surface area contributed by atoms with Gasteiger partial charge in [0.2, 0.25) is 10.0 Å². The van der Waals surface area contributed by atoms with Crippen LogP contribution in [0, 0.1) is 0 Å². The molecule has 0 saturated carbocycles. The van der Waals surface area contributed by atoms with E-state index < -0.39 is 15.3 Å². The van der Waals surface area contributed by atoms with E-state index >= 15 is 0 Å². The Hall–Kier alpha value is -1.93. The summed E-state index contributed by atoms with van der Waals surface area (Å²) in [5.41, 5.74) is 1.71. The number of nitrogens with one attached hydrogen (secondary N) is 2. The second kappa shape index (κ2) is 8.84. The highest BCUT2D eigenvalue weighted by atomic mass is 32.2. The van der Waals surface area contributed by atoms with E-state index in [-0.39, 0.29) is 17.9 Å². The third-order valence-electron chi connectivity index (χ3n) is 4.54. The molecular weight excluding hydrogens is 366 g/mol. The number of amides is 2. The summed E-state index contributed by atoms with van der Waals surface area (Å²) in [6.45, 7) is 8.11. The Morgan fingerprint density at radius 2 is 1.56 bits per heavy atom. The van der Waals surface area contributed by atoms with Crippen molar-refractivity contribution < 1.29 is 18.0 Å². The van der Waals surface area contributed by atoms with E-state index in [0.717, 1.165) is 24.9 Å². The predicted octanol–water partition coefficient (Wildman–Crippen LogP) is 2.60. The number of imide groups is 1. The molecule has 27 heavy (non-hydrogen) atoms. The zero-order chi connectivity index (χ0) is 20.2. The molecule has 0 bridgehead atoms. The molecule has 1 aliphatic rings. The van der Waals surface area contributed by atoms with Gasteiger partial charge in [-0.15, -0.1) is 0 Å². The topological polar surface area (TPSA) is 95.6 Å². The number of rotatable bonds is 10. The normalized spacial score (nSPS) is 14.4. The summed E-state index contributed by atoms with van der Waals surface area (Å²) in [5, 5.41) is 2.84. The number of nitrogens with zero attached hydrogens (tertiary/aromatic N) is 1. The maximum absolute atomic E-state index is 12.4. The van der Waals surface area contributed by atoms with Gasteiger partial charge in [-0.1, -0.05) is 6.42 Å². The Balaban J connectivity index is 1.77. The van der Waals surface area contributed by atoms with E-state index in [1.54, 1.807) is 26.0 Å². The molecule has 0 unspecified atom stereocenters. The van der Waals surface area contributed by atoms with Gasteiger partial charge in [0.05, 0.1) is 16.4 Å². The van der Waals surface area contributed by atoms with Crippen molar-refractivity contribution in [2.75, 3.05) is 18.4 Å². The van der Waals surface area contributed by atoms with Crippen LogP contribution in [-0.4, -0.2) is 49.5 Å². The van der Waals surface area contributed by atoms with Crippen LogP contribution in [0.3, 0.4) is 0 Å². The van der Waals surface area contributed by atoms with Crippen LogP contribution in [0.2, 0.25) is 0 Å². The van der Waals surface area contributed by atoms with Gasteiger partial charge >= 0.3 is 0 Å². The molecule has 0 aliphatic carbocycles. The molecule has 1 heterocycles. The second-order valence-corrected chi connectivity index (χ2v) is 9.63. The van der Waals surface area contributed by atoms with Gasteiger partial charge in [-0.05, 0) is 58.7 Å². The van der Waals surface area contributed by atoms with Gasteiger partial charge in [-0.2, -0.15) is 0 Å². The highest BCUT2D eigenvalue weighted by Crippen LogP contribution is 2.27. The monoisotopic (exact) mass is 395 g/mol. The SMILES string of the molecule is CC(C)N1C(=O)c2ccc(NCCCCCNS(=O)(=O)C(C)C)cc2C1=O. The van der Waals surface area contributed by atoms with Crippen molar-refractivity contribution in [3.8, 4) is 0 Å². The maximum Gasteiger partial charge on any atom is 0.261 e. The number of carbonyl (C=O) groups is 2. The largest absolute Gasteiger partial charge is 0.385 e. The summed E-state index contributed by atoms with van der Waals surface area (Å²) in [6.07, 6.45) is 2.54. The van der Waals surface area contributed by atoms with E-state index in [1.165, 1.54) is 4.90 Å². The van der Waals surface area contributed by atoms with E-state index in [1.807, 2.05) is 19.9 Å². The molecule has 1 aliphatic heterocycles. The number of sulfonamides is 1. The van der Waals surface area contributed by atoms with Crippen LogP contribution in [0.25, 0.3) is 0 Å². The fraction of sp³-hybridized carbons (Fsp3) is 0.579. The number of fused-ring (bicyclic) bond motifs is 1. The standard InChI is InChI=1S/C19H29N3O4S/c1-13(2)22-18(23)16-9-8-15(12-17(16)19(22)24)20-10-6-5-7-11-21-27(25,26)14(3)4/h8-9,12-14,20-21H,5-7,10-11H2,1-4H3. The molecule has 0 fully saturated rings. The number of anilines is 1. The zero-order valence-corrected chi connectivity index (χ0v) is 17.2. The van der Waals surface area contributed by atoms with Crippen LogP contribution in [0.5, 0.6) is 0 Å². The lowest BCUT2D eigenvalue weighted by Gasteiger charge is -2.17. The molecule has 7 nitrogen and oxygen atoms in total. The fourth-order valence-corrected chi connectivity index (χ4v) is 3.64. The lowest BCUT2D eigenvalue weighted by atomic mass is 10.1. The first-order valence-electron chi connectivity index (χ1n) is 9.39. The van der Waals surface area contributed by atoms with Gasteiger partial charge in [0.25, 0.3) is 11.8 Å². The van der Waals surface area contributed by atoms with Gasteiger partial charge in [-0.25, -0.2) is 13.1 Å². The quantitative estimate of drug-likeness (QED) is 0.469. The minimum Gasteiger partial charge on any atom is -0.385 e. The third-order valence-corrected chi connectivity index (χ3v) is 6.39. The lowest BCUT2D eigenvalue weighted by Crippen LogP contribution is -2.35. The van der Waals surface area contributed by atoms with Crippen LogP contribution in [0.4, 0.5) is 5.69 Å². The van der Waals surface area contributed by atoms with E-state index in [9.17, 15) is 18.0 Å². The predicted molar refractivity (Wildman–Crippen MR) is 106 cm³/mol. The summed E-state index contributed by atoms with van der Waals surface area (Å²) < 4.78 is 25.9. The molecule has 0 radical (unpaired) electrons. The van der Waals surface area contributed by atoms with Gasteiger partial charge in [-0.3, -0.25) is 14.5 Å². The highest BCUT2D eigenvalue weighted by molar-refractivity contribution is 7.90. The first kappa shape index (κ1) is 21.4. The summed E-state index contributed by atoms with van der Waals surface area (Å²) in [4.78, 5) is 26.0. The van der Waals surface area contributed by atoms with Crippen molar-refractivity contribution in [2.24, 2.45) is 0 Å². The molecule has 1 aromatic carbocycles. The minimum absolute atomic E-state index is 0.165. The Kier molecular flexibility index (Phi) is 7.00. The van der Waals surface area contributed by atoms with Crippen molar-refractivity contribution in [3.05, 3.63) is 29.3 Å². The smallest absolute Gasteiger partial charge is 0.261 e. The molecule has 0 atom stereocenters. The minimum atomic E-state index is -3.19. The fourth-order valence-electron chi connectivity index (χ4n) is 2.88. The molecule has 0 aromatic heterocycles. The Bertz CT molecular complexity index is 803. The Labute approximate surface area is 161 Å². The average Bonchev–Trinajstić information content (AvgIpc) is 2.84. The first-order valence-corrected chi connectivity index (χ1v) is 10.9. The average molecular weight is 396 g/mol. The number of benzene rings is 1. The molecule has 150 valence electrons. The van der Waals surface area contributed by atoms with Gasteiger partial charge in [0.15, 0.2) is 0 Å². The molecule has 0 spiro atoms. The summed E-state index contributed by atoms with van der Waals surface area (Å²) in [5.74, 6) is -0.480. The van der Waals surface area contributed by atoms with Crippen LogP contribution in [0.1, 0.15) is 67.7 Å².